The van der Waals surface area contributed by atoms with E-state index >= 15 is 0 Å². The summed E-state index contributed by atoms with van der Waals surface area (Å²) in [5.74, 6) is -2.85. The number of aromatic amines is 1. The first-order chi connectivity index (χ1) is 9.08. The van der Waals surface area contributed by atoms with Gasteiger partial charge in [0.15, 0.2) is 16.4 Å². The minimum atomic E-state index is -1.09. The largest absolute Gasteiger partial charge is 0.337 e. The van der Waals surface area contributed by atoms with Gasteiger partial charge in [-0.15, -0.1) is 0 Å². The monoisotopic (exact) mass is 284 g/mol. The summed E-state index contributed by atoms with van der Waals surface area (Å²) < 4.78 is 43.0. The van der Waals surface area contributed by atoms with Gasteiger partial charge in [-0.3, -0.25) is 0 Å². The van der Waals surface area contributed by atoms with Crippen molar-refractivity contribution in [2.24, 2.45) is 0 Å². The second kappa shape index (κ2) is 4.52. The van der Waals surface area contributed by atoms with Gasteiger partial charge in [0.1, 0.15) is 5.82 Å². The molecule has 0 bridgehead atoms. The second-order valence-electron chi connectivity index (χ2n) is 4.68. The van der Waals surface area contributed by atoms with Crippen LogP contribution in [0.4, 0.5) is 13.2 Å². The Kier molecular flexibility index (Phi) is 2.97. The lowest BCUT2D eigenvalue weighted by Crippen LogP contribution is -2.05. The molecule has 0 radical (unpaired) electrons. The molecule has 100 valence electrons. The normalized spacial score (nSPS) is 17.7. The van der Waals surface area contributed by atoms with Crippen LogP contribution in [0, 0.1) is 22.2 Å². The quantitative estimate of drug-likeness (QED) is 0.659. The zero-order valence-electron chi connectivity index (χ0n) is 9.92. The molecule has 1 aromatic carbocycles. The van der Waals surface area contributed by atoms with Crippen LogP contribution in [-0.2, 0) is 13.0 Å². The van der Waals surface area contributed by atoms with E-state index < -0.39 is 17.5 Å². The van der Waals surface area contributed by atoms with Gasteiger partial charge in [0.05, 0.1) is 0 Å². The van der Waals surface area contributed by atoms with E-state index in [1.54, 1.807) is 6.20 Å². The van der Waals surface area contributed by atoms with Crippen LogP contribution >= 0.6 is 12.2 Å². The summed E-state index contributed by atoms with van der Waals surface area (Å²) in [6.45, 7) is 0.723. The lowest BCUT2D eigenvalue weighted by Gasteiger charge is -2.11. The van der Waals surface area contributed by atoms with Gasteiger partial charge in [-0.05, 0) is 37.2 Å². The van der Waals surface area contributed by atoms with Gasteiger partial charge in [-0.1, -0.05) is 0 Å². The smallest absolute Gasteiger partial charge is 0.177 e. The molecule has 3 rings (SSSR count). The molecule has 0 amide bonds. The molecule has 1 atom stereocenters. The van der Waals surface area contributed by atoms with Crippen molar-refractivity contribution in [3.8, 4) is 0 Å². The number of H-pyrrole nitrogens is 1. The Morgan fingerprint density at radius 1 is 1.26 bits per heavy atom. The molecule has 0 saturated heterocycles. The summed E-state index contributed by atoms with van der Waals surface area (Å²) in [6.07, 6.45) is 2.65. The standard InChI is InChI=1S/C13H11F3N2S/c14-9-1-2-10(15)12(16)8(9)5-7-3-4-18-11(7)6-17-13(18)19/h1-2,6-7H,3-5H2,(H,17,19). The van der Waals surface area contributed by atoms with Crippen LogP contribution in [0.2, 0.25) is 0 Å². The summed E-state index contributed by atoms with van der Waals surface area (Å²) in [4.78, 5) is 2.91. The third kappa shape index (κ3) is 2.00. The Morgan fingerprint density at radius 3 is 2.79 bits per heavy atom. The van der Waals surface area contributed by atoms with Crippen molar-refractivity contribution in [1.29, 1.82) is 0 Å². The summed E-state index contributed by atoms with van der Waals surface area (Å²) in [7, 11) is 0. The highest BCUT2D eigenvalue weighted by Crippen LogP contribution is 2.32. The van der Waals surface area contributed by atoms with Crippen LogP contribution in [0.3, 0.4) is 0 Å². The van der Waals surface area contributed by atoms with Gasteiger partial charge in [0, 0.05) is 29.9 Å². The van der Waals surface area contributed by atoms with Gasteiger partial charge in [0.2, 0.25) is 0 Å². The number of hydrogen-bond acceptors (Lipinski definition) is 1. The first-order valence-corrected chi connectivity index (χ1v) is 6.39. The van der Waals surface area contributed by atoms with Gasteiger partial charge >= 0.3 is 0 Å². The number of nitrogens with zero attached hydrogens (tertiary/aromatic N) is 1. The molecule has 0 spiro atoms. The number of nitrogens with one attached hydrogen (secondary N) is 1. The molecule has 2 nitrogen and oxygen atoms in total. The van der Waals surface area contributed by atoms with Crippen LogP contribution < -0.4 is 0 Å². The molecule has 1 unspecified atom stereocenters. The minimum absolute atomic E-state index is 0.0428. The molecule has 1 aliphatic rings. The van der Waals surface area contributed by atoms with E-state index in [0.29, 0.717) is 4.77 Å². The predicted molar refractivity (Wildman–Crippen MR) is 67.0 cm³/mol. The lowest BCUT2D eigenvalue weighted by atomic mass is 9.95. The van der Waals surface area contributed by atoms with E-state index in [4.69, 9.17) is 12.2 Å². The molecule has 2 heterocycles. The van der Waals surface area contributed by atoms with Crippen molar-refractivity contribution in [3.63, 3.8) is 0 Å². The molecule has 1 N–H and O–H groups in total. The number of benzene rings is 1. The van der Waals surface area contributed by atoms with Crippen LogP contribution in [0.15, 0.2) is 18.3 Å². The van der Waals surface area contributed by atoms with E-state index in [1.807, 2.05) is 4.57 Å². The van der Waals surface area contributed by atoms with Crippen LogP contribution in [0.25, 0.3) is 0 Å². The maximum Gasteiger partial charge on any atom is 0.177 e. The number of rotatable bonds is 2. The van der Waals surface area contributed by atoms with Gasteiger partial charge < -0.3 is 9.55 Å². The first kappa shape index (κ1) is 12.5. The van der Waals surface area contributed by atoms with Gasteiger partial charge in [-0.2, -0.15) is 0 Å². The zero-order valence-corrected chi connectivity index (χ0v) is 10.7. The fourth-order valence-corrected chi connectivity index (χ4v) is 2.88. The Balaban J connectivity index is 1.96. The number of hydrogen-bond donors (Lipinski definition) is 1. The number of halogens is 3. The van der Waals surface area contributed by atoms with E-state index in [0.717, 1.165) is 30.8 Å². The molecule has 0 saturated carbocycles. The summed E-state index contributed by atoms with van der Waals surface area (Å²) in [5.41, 5.74) is 0.735. The minimum Gasteiger partial charge on any atom is -0.337 e. The predicted octanol–water partition coefficient (Wildman–Crippen LogP) is 3.69. The van der Waals surface area contributed by atoms with E-state index in [1.165, 1.54) is 0 Å². The highest BCUT2D eigenvalue weighted by atomic mass is 32.1. The molecule has 0 aliphatic carbocycles. The topological polar surface area (TPSA) is 20.7 Å². The Labute approximate surface area is 112 Å². The van der Waals surface area contributed by atoms with Crippen molar-refractivity contribution in [1.82, 2.24) is 9.55 Å². The molecule has 19 heavy (non-hydrogen) atoms. The van der Waals surface area contributed by atoms with Crippen LogP contribution in [0.1, 0.15) is 23.6 Å². The van der Waals surface area contributed by atoms with Crippen molar-refractivity contribution in [2.45, 2.75) is 25.3 Å². The first-order valence-electron chi connectivity index (χ1n) is 5.98. The molecular weight excluding hydrogens is 273 g/mol. The fraction of sp³-hybridized carbons (Fsp3) is 0.308. The molecule has 6 heteroatoms. The van der Waals surface area contributed by atoms with Crippen molar-refractivity contribution in [3.05, 3.63) is 51.8 Å². The van der Waals surface area contributed by atoms with E-state index in [2.05, 4.69) is 4.98 Å². The molecular formula is C13H11F3N2S. The third-order valence-corrected chi connectivity index (χ3v) is 3.95. The molecule has 1 aromatic heterocycles. The summed E-state index contributed by atoms with van der Waals surface area (Å²) in [5, 5.41) is 0. The Hall–Kier alpha value is -1.56. The summed E-state index contributed by atoms with van der Waals surface area (Å²) in [6, 6.07) is 1.77. The molecule has 0 fully saturated rings. The maximum absolute atomic E-state index is 13.6. The average Bonchev–Trinajstić information content (AvgIpc) is 2.94. The van der Waals surface area contributed by atoms with E-state index in [-0.39, 0.29) is 17.9 Å². The number of imidazole rings is 1. The highest BCUT2D eigenvalue weighted by molar-refractivity contribution is 7.71. The SMILES string of the molecule is Fc1ccc(F)c(CC2CCn3c2c[nH]c3=S)c1F. The highest BCUT2D eigenvalue weighted by Gasteiger charge is 2.26. The molecule has 2 aromatic rings. The summed E-state index contributed by atoms with van der Waals surface area (Å²) >= 11 is 5.10. The zero-order chi connectivity index (χ0) is 13.6. The van der Waals surface area contributed by atoms with Crippen LogP contribution in [0.5, 0.6) is 0 Å². The molecule has 1 aliphatic heterocycles. The lowest BCUT2D eigenvalue weighted by molar-refractivity contribution is 0.471. The average molecular weight is 284 g/mol. The van der Waals surface area contributed by atoms with Crippen molar-refractivity contribution >= 4 is 12.2 Å². The van der Waals surface area contributed by atoms with E-state index in [9.17, 15) is 13.2 Å². The van der Waals surface area contributed by atoms with Gasteiger partial charge in [0.25, 0.3) is 0 Å². The van der Waals surface area contributed by atoms with Gasteiger partial charge in [-0.25, -0.2) is 13.2 Å². The second-order valence-corrected chi connectivity index (χ2v) is 5.07. The van der Waals surface area contributed by atoms with Crippen molar-refractivity contribution in [2.75, 3.05) is 0 Å². The number of aromatic nitrogens is 2. The Morgan fingerprint density at radius 2 is 2.00 bits per heavy atom. The third-order valence-electron chi connectivity index (χ3n) is 3.61. The maximum atomic E-state index is 13.6. The fourth-order valence-electron chi connectivity index (χ4n) is 2.62. The van der Waals surface area contributed by atoms with Crippen molar-refractivity contribution < 1.29 is 13.2 Å². The number of fused-ring (bicyclic) bond motifs is 1. The van der Waals surface area contributed by atoms with Crippen LogP contribution in [-0.4, -0.2) is 9.55 Å². The Bertz CT molecular complexity index is 690.